The van der Waals surface area contributed by atoms with Gasteiger partial charge in [0.2, 0.25) is 0 Å². The molecule has 0 bridgehead atoms. The Balaban J connectivity index is 1.50. The van der Waals surface area contributed by atoms with Crippen LogP contribution in [-0.2, 0) is 16.1 Å². The SMILES string of the molecule is CC1CCC2(CC1)NC(=O)N(C[C@@H](O)COCc1ccccc1)C2=O. The molecule has 0 unspecified atom stereocenters. The number of aliphatic hydroxyl groups is 1. The fourth-order valence-electron chi connectivity index (χ4n) is 3.59. The lowest BCUT2D eigenvalue weighted by Gasteiger charge is -2.33. The molecule has 0 aromatic heterocycles. The van der Waals surface area contributed by atoms with E-state index in [1.54, 1.807) is 0 Å². The van der Waals surface area contributed by atoms with Crippen molar-refractivity contribution in [1.29, 1.82) is 0 Å². The van der Waals surface area contributed by atoms with Crippen LogP contribution in [0.5, 0.6) is 0 Å². The Bertz CT molecular complexity index is 611. The molecule has 3 amide bonds. The van der Waals surface area contributed by atoms with Gasteiger partial charge in [0.15, 0.2) is 0 Å². The summed E-state index contributed by atoms with van der Waals surface area (Å²) in [5.74, 6) is 0.382. The molecular weight excluding hydrogens is 320 g/mol. The minimum absolute atomic E-state index is 0.0310. The van der Waals surface area contributed by atoms with Crippen molar-refractivity contribution in [1.82, 2.24) is 10.2 Å². The van der Waals surface area contributed by atoms with Gasteiger partial charge in [-0.05, 0) is 37.2 Å². The molecule has 6 nitrogen and oxygen atoms in total. The van der Waals surface area contributed by atoms with Crippen molar-refractivity contribution in [3.63, 3.8) is 0 Å². The Labute approximate surface area is 148 Å². The topological polar surface area (TPSA) is 78.9 Å². The highest BCUT2D eigenvalue weighted by Crippen LogP contribution is 2.36. The van der Waals surface area contributed by atoms with Gasteiger partial charge in [-0.15, -0.1) is 0 Å². The Morgan fingerprint density at radius 3 is 2.64 bits per heavy atom. The van der Waals surface area contributed by atoms with E-state index in [0.717, 1.165) is 23.3 Å². The Hall–Kier alpha value is -1.92. The van der Waals surface area contributed by atoms with Gasteiger partial charge in [-0.3, -0.25) is 9.69 Å². The summed E-state index contributed by atoms with van der Waals surface area (Å²) in [6.07, 6.45) is 2.33. The Kier molecular flexibility index (Phi) is 5.39. The van der Waals surface area contributed by atoms with E-state index in [1.807, 2.05) is 30.3 Å². The minimum atomic E-state index is -0.893. The van der Waals surface area contributed by atoms with Crippen molar-refractivity contribution in [2.24, 2.45) is 5.92 Å². The molecule has 25 heavy (non-hydrogen) atoms. The predicted molar refractivity (Wildman–Crippen MR) is 92.7 cm³/mol. The second kappa shape index (κ2) is 7.54. The van der Waals surface area contributed by atoms with Gasteiger partial charge in [0, 0.05) is 0 Å². The molecule has 1 saturated carbocycles. The third-order valence-electron chi connectivity index (χ3n) is 5.19. The quantitative estimate of drug-likeness (QED) is 0.773. The highest BCUT2D eigenvalue weighted by atomic mass is 16.5. The number of imide groups is 1. The van der Waals surface area contributed by atoms with Crippen molar-refractivity contribution in [3.05, 3.63) is 35.9 Å². The van der Waals surface area contributed by atoms with Crippen molar-refractivity contribution in [3.8, 4) is 0 Å². The van der Waals surface area contributed by atoms with E-state index in [0.29, 0.717) is 25.4 Å². The smallest absolute Gasteiger partial charge is 0.325 e. The molecule has 136 valence electrons. The standard InChI is InChI=1S/C19H26N2O4/c1-14-7-9-19(10-8-14)17(23)21(18(24)20-19)11-16(22)13-25-12-15-5-3-2-4-6-15/h2-6,14,16,22H,7-13H2,1H3,(H,20,24)/t14?,16-,19?/m1/s1. The second-order valence-electron chi connectivity index (χ2n) is 7.27. The summed E-state index contributed by atoms with van der Waals surface area (Å²) >= 11 is 0. The van der Waals surface area contributed by atoms with Crippen LogP contribution in [0.15, 0.2) is 30.3 Å². The zero-order valence-electron chi connectivity index (χ0n) is 14.6. The van der Waals surface area contributed by atoms with Crippen molar-refractivity contribution in [2.45, 2.75) is 50.9 Å². The number of hydrogen-bond donors (Lipinski definition) is 2. The van der Waals surface area contributed by atoms with Gasteiger partial charge in [-0.1, -0.05) is 37.3 Å². The predicted octanol–water partition coefficient (Wildman–Crippen LogP) is 2.06. The summed E-state index contributed by atoms with van der Waals surface area (Å²) in [6, 6.07) is 9.26. The molecule has 1 spiro atoms. The van der Waals surface area contributed by atoms with Crippen LogP contribution in [0, 0.1) is 5.92 Å². The van der Waals surface area contributed by atoms with Gasteiger partial charge in [0.05, 0.1) is 25.9 Å². The van der Waals surface area contributed by atoms with E-state index in [1.165, 1.54) is 0 Å². The number of amides is 3. The van der Waals surface area contributed by atoms with E-state index >= 15 is 0 Å². The minimum Gasteiger partial charge on any atom is -0.389 e. The van der Waals surface area contributed by atoms with Crippen molar-refractivity contribution < 1.29 is 19.4 Å². The highest BCUT2D eigenvalue weighted by molar-refractivity contribution is 6.07. The number of nitrogens with one attached hydrogen (secondary N) is 1. The van der Waals surface area contributed by atoms with Gasteiger partial charge in [0.25, 0.3) is 5.91 Å². The maximum Gasteiger partial charge on any atom is 0.325 e. The summed E-state index contributed by atoms with van der Waals surface area (Å²) < 4.78 is 5.49. The number of benzene rings is 1. The number of β-amino-alcohol motifs (C(OH)–C–C–N with tert-alkyl or cyclic N) is 1. The summed E-state index contributed by atoms with van der Waals surface area (Å²) in [6.45, 7) is 2.60. The number of urea groups is 1. The Morgan fingerprint density at radius 1 is 1.28 bits per heavy atom. The van der Waals surface area contributed by atoms with E-state index in [-0.39, 0.29) is 19.1 Å². The first-order valence-corrected chi connectivity index (χ1v) is 8.94. The lowest BCUT2D eigenvalue weighted by Crippen LogP contribution is -2.49. The van der Waals surface area contributed by atoms with Gasteiger partial charge in [-0.25, -0.2) is 4.79 Å². The molecule has 1 aromatic carbocycles. The number of ether oxygens (including phenoxy) is 1. The average molecular weight is 346 g/mol. The van der Waals surface area contributed by atoms with Crippen LogP contribution in [0.3, 0.4) is 0 Å². The average Bonchev–Trinajstić information content (AvgIpc) is 2.83. The molecule has 1 heterocycles. The van der Waals surface area contributed by atoms with Gasteiger partial charge in [-0.2, -0.15) is 0 Å². The number of carbonyl (C=O) groups is 2. The van der Waals surface area contributed by atoms with E-state index < -0.39 is 17.7 Å². The summed E-state index contributed by atoms with van der Waals surface area (Å²) in [4.78, 5) is 26.1. The van der Waals surface area contributed by atoms with Gasteiger partial charge in [0.1, 0.15) is 5.54 Å². The molecule has 1 aromatic rings. The fraction of sp³-hybridized carbons (Fsp3) is 0.579. The molecule has 2 N–H and O–H groups in total. The monoisotopic (exact) mass is 346 g/mol. The molecule has 2 fully saturated rings. The molecule has 1 saturated heterocycles. The lowest BCUT2D eigenvalue weighted by molar-refractivity contribution is -0.134. The van der Waals surface area contributed by atoms with Crippen LogP contribution in [0.25, 0.3) is 0 Å². The highest BCUT2D eigenvalue weighted by Gasteiger charge is 2.52. The zero-order chi connectivity index (χ0) is 17.9. The maximum absolute atomic E-state index is 12.7. The van der Waals surface area contributed by atoms with Crippen LogP contribution in [0.4, 0.5) is 4.79 Å². The molecule has 1 aliphatic carbocycles. The largest absolute Gasteiger partial charge is 0.389 e. The molecule has 1 aliphatic heterocycles. The second-order valence-corrected chi connectivity index (χ2v) is 7.27. The Morgan fingerprint density at radius 2 is 1.96 bits per heavy atom. The molecule has 2 aliphatic rings. The number of carbonyl (C=O) groups excluding carboxylic acids is 2. The first-order valence-electron chi connectivity index (χ1n) is 8.94. The van der Waals surface area contributed by atoms with Crippen LogP contribution < -0.4 is 5.32 Å². The van der Waals surface area contributed by atoms with Crippen molar-refractivity contribution in [2.75, 3.05) is 13.2 Å². The normalized spacial score (nSPS) is 27.6. The molecule has 1 atom stereocenters. The van der Waals surface area contributed by atoms with Gasteiger partial charge >= 0.3 is 6.03 Å². The molecule has 0 radical (unpaired) electrons. The summed E-state index contributed by atoms with van der Waals surface area (Å²) in [5.41, 5.74) is 0.258. The van der Waals surface area contributed by atoms with Crippen molar-refractivity contribution >= 4 is 11.9 Å². The van der Waals surface area contributed by atoms with E-state index in [9.17, 15) is 14.7 Å². The fourth-order valence-corrected chi connectivity index (χ4v) is 3.59. The van der Waals surface area contributed by atoms with Crippen LogP contribution in [0.1, 0.15) is 38.2 Å². The van der Waals surface area contributed by atoms with Gasteiger partial charge < -0.3 is 15.2 Å². The zero-order valence-corrected chi connectivity index (χ0v) is 14.6. The first-order chi connectivity index (χ1) is 12.0. The molecule has 6 heteroatoms. The third-order valence-corrected chi connectivity index (χ3v) is 5.19. The third kappa shape index (κ3) is 4.02. The summed E-state index contributed by atoms with van der Waals surface area (Å²) in [5, 5.41) is 13.0. The van der Waals surface area contributed by atoms with Crippen LogP contribution >= 0.6 is 0 Å². The van der Waals surface area contributed by atoms with E-state index in [4.69, 9.17) is 4.74 Å². The number of aliphatic hydroxyl groups excluding tert-OH is 1. The lowest BCUT2D eigenvalue weighted by atomic mass is 9.77. The number of hydrogen-bond acceptors (Lipinski definition) is 4. The first kappa shape index (κ1) is 17.9. The van der Waals surface area contributed by atoms with Crippen LogP contribution in [0.2, 0.25) is 0 Å². The van der Waals surface area contributed by atoms with E-state index in [2.05, 4.69) is 12.2 Å². The molecule has 3 rings (SSSR count). The number of nitrogens with zero attached hydrogens (tertiary/aromatic N) is 1. The summed E-state index contributed by atoms with van der Waals surface area (Å²) in [7, 11) is 0. The maximum atomic E-state index is 12.7. The molecular formula is C19H26N2O4. The van der Waals surface area contributed by atoms with Crippen LogP contribution in [-0.4, -0.2) is 46.7 Å². The number of rotatable bonds is 6.